The molecule has 5 heteroatoms. The Morgan fingerprint density at radius 2 is 1.93 bits per heavy atom. The van der Waals surface area contributed by atoms with Gasteiger partial charge in [-0.3, -0.25) is 9.59 Å². The van der Waals surface area contributed by atoms with E-state index in [4.69, 9.17) is 10.6 Å². The first-order chi connectivity index (χ1) is 13.4. The van der Waals surface area contributed by atoms with E-state index < -0.39 is 0 Å². The third-order valence-corrected chi connectivity index (χ3v) is 9.07. The molecule has 0 aromatic rings. The smallest absolute Gasteiger partial charge is 0.139 e. The zero-order valence-corrected chi connectivity index (χ0v) is 17.7. The molecule has 2 N–H and O–H groups in total. The van der Waals surface area contributed by atoms with E-state index in [-0.39, 0.29) is 22.7 Å². The predicted octanol–water partition coefficient (Wildman–Crippen LogP) is 3.74. The van der Waals surface area contributed by atoms with E-state index in [0.717, 1.165) is 44.2 Å². The van der Waals surface area contributed by atoms with Gasteiger partial charge in [0.15, 0.2) is 0 Å². The van der Waals surface area contributed by atoms with Gasteiger partial charge in [0.05, 0.1) is 5.71 Å². The third-order valence-electron chi connectivity index (χ3n) is 9.07. The maximum absolute atomic E-state index is 13.5. The Morgan fingerprint density at radius 3 is 2.64 bits per heavy atom. The van der Waals surface area contributed by atoms with Gasteiger partial charge in [-0.1, -0.05) is 25.9 Å². The molecule has 0 aromatic carbocycles. The van der Waals surface area contributed by atoms with E-state index in [1.165, 1.54) is 0 Å². The van der Waals surface area contributed by atoms with E-state index in [0.29, 0.717) is 55.3 Å². The topological polar surface area (TPSA) is 81.8 Å². The Bertz CT molecular complexity index is 689. The lowest BCUT2D eigenvalue weighted by atomic mass is 9.43. The second-order valence-corrected chi connectivity index (χ2v) is 10.2. The average molecular weight is 389 g/mol. The van der Waals surface area contributed by atoms with Crippen LogP contribution in [0.5, 0.6) is 0 Å². The lowest BCUT2D eigenvalue weighted by molar-refractivity contribution is -0.156. The summed E-state index contributed by atoms with van der Waals surface area (Å²) in [5, 5.41) is 4.40. The second kappa shape index (κ2) is 7.23. The monoisotopic (exact) mass is 388 g/mol. The summed E-state index contributed by atoms with van der Waals surface area (Å²) >= 11 is 0. The number of nitrogens with two attached hydrogens (primary N) is 1. The zero-order valence-electron chi connectivity index (χ0n) is 17.7. The molecule has 7 atom stereocenters. The molecule has 1 unspecified atom stereocenters. The zero-order chi connectivity index (χ0) is 20.1. The molecule has 4 aliphatic rings. The predicted molar refractivity (Wildman–Crippen MR) is 109 cm³/mol. The second-order valence-electron chi connectivity index (χ2n) is 10.2. The van der Waals surface area contributed by atoms with Gasteiger partial charge in [-0.25, -0.2) is 0 Å². The Labute approximate surface area is 168 Å². The van der Waals surface area contributed by atoms with Crippen LogP contribution in [0.2, 0.25) is 0 Å². The molecule has 4 aliphatic carbocycles. The fourth-order valence-electron chi connectivity index (χ4n) is 7.69. The normalized spacial score (nSPS) is 46.9. The van der Waals surface area contributed by atoms with Crippen molar-refractivity contribution in [1.29, 1.82) is 0 Å². The maximum atomic E-state index is 13.5. The SMILES string of the molecule is CCC1C(=NOCCN)CC[C@@]2(C)[C@H]1C(=O)C[C@@H]1[C@@H]2CC[C@]2(C)C(=O)CC[C@@H]12. The number of carbonyl (C=O) groups excluding carboxylic acids is 2. The quantitative estimate of drug-likeness (QED) is 0.587. The van der Waals surface area contributed by atoms with Gasteiger partial charge in [-0.2, -0.15) is 0 Å². The molecule has 5 nitrogen and oxygen atoms in total. The van der Waals surface area contributed by atoms with E-state index >= 15 is 0 Å². The Morgan fingerprint density at radius 1 is 1.14 bits per heavy atom. The highest BCUT2D eigenvalue weighted by Crippen LogP contribution is 2.65. The number of hydrogen-bond donors (Lipinski definition) is 1. The summed E-state index contributed by atoms with van der Waals surface area (Å²) in [5.74, 6) is 2.44. The van der Waals surface area contributed by atoms with Gasteiger partial charge in [0.2, 0.25) is 0 Å². The third kappa shape index (κ3) is 2.79. The molecule has 0 bridgehead atoms. The summed E-state index contributed by atoms with van der Waals surface area (Å²) in [4.78, 5) is 31.5. The molecule has 0 saturated heterocycles. The van der Waals surface area contributed by atoms with Gasteiger partial charge in [-0.05, 0) is 61.7 Å². The summed E-state index contributed by atoms with van der Waals surface area (Å²) < 4.78 is 0. The van der Waals surface area contributed by atoms with Crippen LogP contribution in [0.15, 0.2) is 5.16 Å². The van der Waals surface area contributed by atoms with Crippen LogP contribution >= 0.6 is 0 Å². The van der Waals surface area contributed by atoms with Gasteiger partial charge in [0.1, 0.15) is 18.2 Å². The molecular formula is C23H36N2O3. The van der Waals surface area contributed by atoms with Crippen molar-refractivity contribution in [3.05, 3.63) is 0 Å². The molecular weight excluding hydrogens is 352 g/mol. The van der Waals surface area contributed by atoms with Crippen LogP contribution in [0.25, 0.3) is 0 Å². The first kappa shape index (κ1) is 20.1. The first-order valence-corrected chi connectivity index (χ1v) is 11.3. The number of hydrogen-bond acceptors (Lipinski definition) is 5. The summed E-state index contributed by atoms with van der Waals surface area (Å²) in [6, 6.07) is 0. The fraction of sp³-hybridized carbons (Fsp3) is 0.870. The van der Waals surface area contributed by atoms with Gasteiger partial charge in [-0.15, -0.1) is 0 Å². The van der Waals surface area contributed by atoms with Crippen molar-refractivity contribution >= 4 is 17.3 Å². The summed E-state index contributed by atoms with van der Waals surface area (Å²) in [6.45, 7) is 7.59. The van der Waals surface area contributed by atoms with E-state index in [2.05, 4.69) is 25.9 Å². The minimum Gasteiger partial charge on any atom is -0.394 e. The van der Waals surface area contributed by atoms with Crippen molar-refractivity contribution in [2.24, 2.45) is 51.3 Å². The van der Waals surface area contributed by atoms with Crippen LogP contribution in [0, 0.1) is 40.4 Å². The lowest BCUT2D eigenvalue weighted by Crippen LogP contribution is -2.59. The number of Topliss-reactive ketones (excluding diaryl/α,β-unsaturated/α-hetero) is 2. The minimum absolute atomic E-state index is 0.0283. The molecule has 28 heavy (non-hydrogen) atoms. The van der Waals surface area contributed by atoms with Crippen LogP contribution in [0.3, 0.4) is 0 Å². The van der Waals surface area contributed by atoms with Gasteiger partial charge < -0.3 is 10.6 Å². The van der Waals surface area contributed by atoms with Crippen molar-refractivity contribution in [2.45, 2.75) is 72.1 Å². The number of nitrogens with zero attached hydrogens (tertiary/aromatic N) is 1. The molecule has 0 radical (unpaired) electrons. The Balaban J connectivity index is 1.64. The molecule has 4 rings (SSSR count). The summed E-state index contributed by atoms with van der Waals surface area (Å²) in [6.07, 6.45) is 7.30. The van der Waals surface area contributed by atoms with E-state index in [1.54, 1.807) is 0 Å². The molecule has 0 aliphatic heterocycles. The number of ketones is 2. The number of rotatable bonds is 4. The van der Waals surface area contributed by atoms with Crippen LogP contribution in [0.4, 0.5) is 0 Å². The summed E-state index contributed by atoms with van der Waals surface area (Å²) in [7, 11) is 0. The largest absolute Gasteiger partial charge is 0.394 e. The van der Waals surface area contributed by atoms with Crippen molar-refractivity contribution in [3.8, 4) is 0 Å². The van der Waals surface area contributed by atoms with Crippen molar-refractivity contribution in [1.82, 2.24) is 0 Å². The number of fused-ring (bicyclic) bond motifs is 5. The van der Waals surface area contributed by atoms with Crippen LogP contribution in [-0.2, 0) is 14.4 Å². The fourth-order valence-corrected chi connectivity index (χ4v) is 7.69. The molecule has 0 spiro atoms. The molecule has 4 saturated carbocycles. The highest BCUT2D eigenvalue weighted by atomic mass is 16.6. The van der Waals surface area contributed by atoms with E-state index in [1.807, 2.05) is 0 Å². The van der Waals surface area contributed by atoms with Crippen molar-refractivity contribution < 1.29 is 14.4 Å². The van der Waals surface area contributed by atoms with Crippen LogP contribution in [0.1, 0.15) is 72.1 Å². The highest BCUT2D eigenvalue weighted by molar-refractivity contribution is 5.95. The lowest BCUT2D eigenvalue weighted by Gasteiger charge is -2.60. The van der Waals surface area contributed by atoms with Crippen LogP contribution < -0.4 is 5.73 Å². The van der Waals surface area contributed by atoms with Gasteiger partial charge in [0.25, 0.3) is 0 Å². The molecule has 156 valence electrons. The van der Waals surface area contributed by atoms with E-state index in [9.17, 15) is 9.59 Å². The summed E-state index contributed by atoms with van der Waals surface area (Å²) in [5.41, 5.74) is 6.44. The molecule has 0 aromatic heterocycles. The molecule has 4 fully saturated rings. The highest BCUT2D eigenvalue weighted by Gasteiger charge is 2.63. The number of carbonyl (C=O) groups is 2. The van der Waals surface area contributed by atoms with Crippen molar-refractivity contribution in [3.63, 3.8) is 0 Å². The maximum Gasteiger partial charge on any atom is 0.139 e. The molecule has 0 heterocycles. The minimum atomic E-state index is -0.174. The first-order valence-electron chi connectivity index (χ1n) is 11.3. The van der Waals surface area contributed by atoms with Gasteiger partial charge >= 0.3 is 0 Å². The number of oxime groups is 1. The Kier molecular flexibility index (Phi) is 5.18. The van der Waals surface area contributed by atoms with Gasteiger partial charge in [0, 0.05) is 36.6 Å². The molecule has 0 amide bonds. The van der Waals surface area contributed by atoms with Crippen molar-refractivity contribution in [2.75, 3.05) is 13.2 Å². The Hall–Kier alpha value is -1.23. The standard InChI is InChI=1S/C23H36N2O3/c1-4-14-18(25-28-12-11-24)8-10-23(3)17-7-9-22(2)16(5-6-20(22)27)15(17)13-19(26)21(14)23/h14-17,21H,4-13,24H2,1-3H3/t14?,15-,16-,17-,21+,22-,23+/m0/s1. The van der Waals surface area contributed by atoms with Crippen LogP contribution in [-0.4, -0.2) is 30.4 Å². The average Bonchev–Trinajstić information content (AvgIpc) is 2.97.